The lowest BCUT2D eigenvalue weighted by molar-refractivity contribution is 0.0147. The number of aromatic nitrogens is 2. The molecule has 1 unspecified atom stereocenters. The summed E-state index contributed by atoms with van der Waals surface area (Å²) in [5, 5.41) is 14.7. The summed E-state index contributed by atoms with van der Waals surface area (Å²) in [4.78, 5) is 18.9. The molecule has 3 fully saturated rings. The zero-order valence-electron chi connectivity index (χ0n) is 22.4. The number of halogens is 1. The highest BCUT2D eigenvalue weighted by molar-refractivity contribution is 7.22. The number of aromatic carboxylic acids is 1. The number of thiazole rings is 1. The molecule has 2 saturated heterocycles. The average molecular weight is 564 g/mol. The van der Waals surface area contributed by atoms with E-state index in [1.165, 1.54) is 30.6 Å². The van der Waals surface area contributed by atoms with Crippen LogP contribution in [0.5, 0.6) is 5.75 Å². The summed E-state index contributed by atoms with van der Waals surface area (Å²) in [6, 6.07) is 8.84. The smallest absolute Gasteiger partial charge is 0.335 e. The Labute approximate surface area is 234 Å². The van der Waals surface area contributed by atoms with Crippen molar-refractivity contribution in [3.05, 3.63) is 58.6 Å². The standard InChI is InChI=1S/C30H30FN3O5S/c1-15-4-3-5-22(31)25(15)26-21(28(39-33-26)16-6-7-16)14-38-20-12-18-8-9-19(13-20)34(18)30-32-27-23(37-2)10-17(29(35)36)11-24(27)40-30/h3-5,10-11,16,18-20H,6-9,12-14H2,1-2H3,(H,35,36)/t18-,19+,20?. The largest absolute Gasteiger partial charge is 0.494 e. The number of rotatable bonds is 8. The lowest BCUT2D eigenvalue weighted by Gasteiger charge is -2.38. The van der Waals surface area contributed by atoms with Gasteiger partial charge in [-0.25, -0.2) is 14.2 Å². The molecule has 10 heteroatoms. The number of carbonyl (C=O) groups is 1. The number of nitrogens with zero attached hydrogens (tertiary/aromatic N) is 3. The van der Waals surface area contributed by atoms with Crippen molar-refractivity contribution in [1.82, 2.24) is 10.1 Å². The summed E-state index contributed by atoms with van der Waals surface area (Å²) < 4.78 is 33.4. The van der Waals surface area contributed by atoms with Crippen molar-refractivity contribution >= 4 is 32.7 Å². The Morgan fingerprint density at radius 3 is 2.65 bits per heavy atom. The van der Waals surface area contributed by atoms with E-state index < -0.39 is 5.97 Å². The van der Waals surface area contributed by atoms with Crippen molar-refractivity contribution in [2.45, 2.75) is 76.2 Å². The molecular weight excluding hydrogens is 533 g/mol. The van der Waals surface area contributed by atoms with Gasteiger partial charge < -0.3 is 24.0 Å². The normalized spacial score (nSPS) is 22.3. The first-order valence-corrected chi connectivity index (χ1v) is 14.6. The minimum absolute atomic E-state index is 0.0628. The summed E-state index contributed by atoms with van der Waals surface area (Å²) in [6.07, 6.45) is 6.01. The number of methoxy groups -OCH3 is 1. The van der Waals surface area contributed by atoms with Gasteiger partial charge in [-0.05, 0) is 69.2 Å². The van der Waals surface area contributed by atoms with Crippen LogP contribution in [-0.4, -0.2) is 46.5 Å². The van der Waals surface area contributed by atoms with E-state index in [4.69, 9.17) is 19.0 Å². The predicted molar refractivity (Wildman–Crippen MR) is 149 cm³/mol. The van der Waals surface area contributed by atoms with Gasteiger partial charge in [-0.3, -0.25) is 0 Å². The first-order valence-electron chi connectivity index (χ1n) is 13.8. The van der Waals surface area contributed by atoms with E-state index in [9.17, 15) is 14.3 Å². The highest BCUT2D eigenvalue weighted by Gasteiger charge is 2.43. The molecule has 3 aliphatic rings. The second kappa shape index (κ2) is 9.85. The molecule has 2 aromatic carbocycles. The number of hydrogen-bond donors (Lipinski definition) is 1. The van der Waals surface area contributed by atoms with E-state index in [-0.39, 0.29) is 29.6 Å². The zero-order chi connectivity index (χ0) is 27.5. The maximum absolute atomic E-state index is 14.9. The van der Waals surface area contributed by atoms with Gasteiger partial charge in [0.05, 0.1) is 30.1 Å². The highest BCUT2D eigenvalue weighted by Crippen LogP contribution is 2.47. The Hall–Kier alpha value is -3.50. The molecule has 0 amide bonds. The van der Waals surface area contributed by atoms with E-state index in [0.717, 1.165) is 65.2 Å². The fourth-order valence-corrected chi connectivity index (χ4v) is 7.58. The molecule has 8 nitrogen and oxygen atoms in total. The third-order valence-electron chi connectivity index (χ3n) is 8.52. The average Bonchev–Trinajstić information content (AvgIpc) is 3.46. The van der Waals surface area contributed by atoms with E-state index in [1.54, 1.807) is 12.1 Å². The fourth-order valence-electron chi connectivity index (χ4n) is 6.41. The minimum atomic E-state index is -0.987. The number of ether oxygens (including phenoxy) is 2. The Kier molecular flexibility index (Phi) is 6.27. The molecule has 1 N–H and O–H groups in total. The maximum Gasteiger partial charge on any atom is 0.335 e. The third-order valence-corrected chi connectivity index (χ3v) is 9.53. The summed E-state index contributed by atoms with van der Waals surface area (Å²) in [7, 11) is 1.54. The number of piperidine rings is 1. The Balaban J connectivity index is 1.11. The molecule has 2 bridgehead atoms. The Morgan fingerprint density at radius 2 is 1.98 bits per heavy atom. The number of carboxylic acids is 1. The van der Waals surface area contributed by atoms with Crippen LogP contribution in [0.25, 0.3) is 21.5 Å². The van der Waals surface area contributed by atoms with Crippen LogP contribution < -0.4 is 9.64 Å². The molecule has 4 aromatic rings. The summed E-state index contributed by atoms with van der Waals surface area (Å²) in [6.45, 7) is 2.24. The summed E-state index contributed by atoms with van der Waals surface area (Å²) in [5.74, 6) is 0.360. The van der Waals surface area contributed by atoms with Crippen LogP contribution in [0.2, 0.25) is 0 Å². The van der Waals surface area contributed by atoms with E-state index in [0.29, 0.717) is 35.0 Å². The van der Waals surface area contributed by atoms with Crippen molar-refractivity contribution < 1.29 is 28.3 Å². The molecule has 0 radical (unpaired) electrons. The minimum Gasteiger partial charge on any atom is -0.494 e. The molecule has 7 rings (SSSR count). The molecule has 1 aliphatic carbocycles. The van der Waals surface area contributed by atoms with Gasteiger partial charge in [-0.1, -0.05) is 28.6 Å². The number of anilines is 1. The van der Waals surface area contributed by atoms with Gasteiger partial charge in [-0.15, -0.1) is 0 Å². The third kappa shape index (κ3) is 4.34. The molecule has 0 spiro atoms. The van der Waals surface area contributed by atoms with Gasteiger partial charge >= 0.3 is 5.97 Å². The van der Waals surface area contributed by atoms with Crippen molar-refractivity contribution in [1.29, 1.82) is 0 Å². The highest BCUT2D eigenvalue weighted by atomic mass is 32.1. The second-order valence-electron chi connectivity index (χ2n) is 11.1. The van der Waals surface area contributed by atoms with Crippen molar-refractivity contribution in [2.24, 2.45) is 0 Å². The summed E-state index contributed by atoms with van der Waals surface area (Å²) >= 11 is 1.51. The monoisotopic (exact) mass is 563 g/mol. The predicted octanol–water partition coefficient (Wildman–Crippen LogP) is 6.70. The number of carboxylic acid groups (broad SMARTS) is 1. The van der Waals surface area contributed by atoms with E-state index in [1.807, 2.05) is 13.0 Å². The Bertz CT molecular complexity index is 1580. The zero-order valence-corrected chi connectivity index (χ0v) is 23.2. The van der Waals surface area contributed by atoms with Crippen LogP contribution in [0.4, 0.5) is 9.52 Å². The molecule has 208 valence electrons. The van der Waals surface area contributed by atoms with Crippen molar-refractivity contribution in [3.8, 4) is 17.0 Å². The topological polar surface area (TPSA) is 97.9 Å². The Morgan fingerprint density at radius 1 is 1.20 bits per heavy atom. The van der Waals surface area contributed by atoms with Crippen LogP contribution in [0.3, 0.4) is 0 Å². The van der Waals surface area contributed by atoms with Gasteiger partial charge in [0, 0.05) is 29.1 Å². The van der Waals surface area contributed by atoms with Crippen LogP contribution >= 0.6 is 11.3 Å². The second-order valence-corrected chi connectivity index (χ2v) is 12.1. The molecule has 40 heavy (non-hydrogen) atoms. The quantitative estimate of drug-likeness (QED) is 0.253. The molecule has 2 aliphatic heterocycles. The van der Waals surface area contributed by atoms with Crippen molar-refractivity contribution in [3.63, 3.8) is 0 Å². The number of benzene rings is 2. The molecule has 4 heterocycles. The fraction of sp³-hybridized carbons (Fsp3) is 0.433. The lowest BCUT2D eigenvalue weighted by Crippen LogP contribution is -2.45. The van der Waals surface area contributed by atoms with Crippen molar-refractivity contribution in [2.75, 3.05) is 12.0 Å². The van der Waals surface area contributed by atoms with Gasteiger partial charge in [0.25, 0.3) is 0 Å². The first-order chi connectivity index (χ1) is 19.4. The molecular formula is C30H30FN3O5S. The summed E-state index contributed by atoms with van der Waals surface area (Å²) in [5.41, 5.74) is 3.63. The van der Waals surface area contributed by atoms with Crippen LogP contribution in [0.1, 0.15) is 71.7 Å². The SMILES string of the molecule is COc1cc(C(=O)O)cc2sc(N3[C@@H]4CC[C@H]3CC(OCc3c(-c5c(C)cccc5F)noc3C3CC3)C4)nc12. The van der Waals surface area contributed by atoms with Crippen LogP contribution in [0, 0.1) is 12.7 Å². The van der Waals surface area contributed by atoms with Crippen LogP contribution in [0.15, 0.2) is 34.9 Å². The first kappa shape index (κ1) is 25.5. The molecule has 2 aromatic heterocycles. The molecule has 1 saturated carbocycles. The lowest BCUT2D eigenvalue weighted by atomic mass is 9.99. The van der Waals surface area contributed by atoms with E-state index in [2.05, 4.69) is 10.1 Å². The van der Waals surface area contributed by atoms with Gasteiger partial charge in [-0.2, -0.15) is 0 Å². The number of fused-ring (bicyclic) bond motifs is 3. The maximum atomic E-state index is 14.9. The molecule has 3 atom stereocenters. The number of aryl methyl sites for hydroxylation is 1. The van der Waals surface area contributed by atoms with Gasteiger partial charge in [0.15, 0.2) is 5.13 Å². The number of hydrogen-bond acceptors (Lipinski definition) is 8. The van der Waals surface area contributed by atoms with E-state index >= 15 is 0 Å². The van der Waals surface area contributed by atoms with Gasteiger partial charge in [0.1, 0.15) is 28.5 Å². The van der Waals surface area contributed by atoms with Gasteiger partial charge in [0.2, 0.25) is 0 Å². The van der Waals surface area contributed by atoms with Crippen LogP contribution in [-0.2, 0) is 11.3 Å².